The minimum Gasteiger partial charge on any atom is -0.460 e. The molecule has 104 valence electrons. The van der Waals surface area contributed by atoms with Crippen molar-refractivity contribution in [2.75, 3.05) is 18.5 Å². The highest BCUT2D eigenvalue weighted by atomic mass is 19.1. The first-order valence-corrected chi connectivity index (χ1v) is 5.80. The van der Waals surface area contributed by atoms with Gasteiger partial charge in [-0.1, -0.05) is 6.07 Å². The van der Waals surface area contributed by atoms with Crippen molar-refractivity contribution in [1.82, 2.24) is 9.97 Å². The molecule has 7 heteroatoms. The van der Waals surface area contributed by atoms with Crippen LogP contribution >= 0.6 is 0 Å². The topological polar surface area (TPSA) is 64.1 Å². The van der Waals surface area contributed by atoms with Gasteiger partial charge in [0.1, 0.15) is 23.8 Å². The monoisotopic (exact) mass is 279 g/mol. The van der Waals surface area contributed by atoms with Crippen LogP contribution in [-0.2, 0) is 4.74 Å². The third-order valence-corrected chi connectivity index (χ3v) is 2.35. The maximum atomic E-state index is 13.3. The number of ether oxygens (including phenoxy) is 1. The van der Waals surface area contributed by atoms with Gasteiger partial charge in [-0.25, -0.2) is 23.5 Å². The van der Waals surface area contributed by atoms with Crippen molar-refractivity contribution in [1.29, 1.82) is 0 Å². The molecule has 0 unspecified atom stereocenters. The summed E-state index contributed by atoms with van der Waals surface area (Å²) in [6, 6.07) is 4.83. The number of hydrogen-bond donors (Lipinski definition) is 1. The molecule has 1 heterocycles. The highest BCUT2D eigenvalue weighted by Crippen LogP contribution is 2.13. The molecule has 20 heavy (non-hydrogen) atoms. The molecule has 0 saturated carbocycles. The van der Waals surface area contributed by atoms with E-state index in [9.17, 15) is 13.6 Å². The third kappa shape index (κ3) is 3.47. The fourth-order valence-electron chi connectivity index (χ4n) is 1.46. The molecule has 0 fully saturated rings. The summed E-state index contributed by atoms with van der Waals surface area (Å²) in [5.74, 6) is -2.57. The summed E-state index contributed by atoms with van der Waals surface area (Å²) in [7, 11) is 0. The van der Waals surface area contributed by atoms with Crippen molar-refractivity contribution in [3.05, 3.63) is 53.9 Å². The number of nitrogens with zero attached hydrogens (tertiary/aromatic N) is 2. The Bertz CT molecular complexity index is 573. The maximum Gasteiger partial charge on any atom is 0.344 e. The number of benzene rings is 1. The van der Waals surface area contributed by atoms with Crippen molar-refractivity contribution < 1.29 is 18.3 Å². The molecule has 2 rings (SSSR count). The van der Waals surface area contributed by atoms with Crippen LogP contribution in [0.15, 0.2) is 36.7 Å². The lowest BCUT2D eigenvalue weighted by Gasteiger charge is -2.07. The second-order valence-corrected chi connectivity index (χ2v) is 3.73. The lowest BCUT2D eigenvalue weighted by Crippen LogP contribution is -2.16. The molecule has 0 aliphatic heterocycles. The van der Waals surface area contributed by atoms with Crippen molar-refractivity contribution in [2.45, 2.75) is 0 Å². The van der Waals surface area contributed by atoms with Gasteiger partial charge in [0.15, 0.2) is 0 Å². The van der Waals surface area contributed by atoms with E-state index in [1.54, 1.807) is 18.5 Å². The van der Waals surface area contributed by atoms with Gasteiger partial charge in [0.25, 0.3) is 0 Å². The minimum atomic E-state index is -1.05. The third-order valence-electron chi connectivity index (χ3n) is 2.35. The van der Waals surface area contributed by atoms with Gasteiger partial charge in [-0.3, -0.25) is 0 Å². The molecule has 0 amide bonds. The molecule has 1 aromatic carbocycles. The molecule has 0 bridgehead atoms. The normalized spacial score (nSPS) is 10.1. The highest BCUT2D eigenvalue weighted by molar-refractivity contribution is 5.90. The molecular formula is C13H11F2N3O2. The molecule has 1 aromatic heterocycles. The smallest absolute Gasteiger partial charge is 0.344 e. The molecule has 5 nitrogen and oxygen atoms in total. The Morgan fingerprint density at radius 3 is 2.45 bits per heavy atom. The van der Waals surface area contributed by atoms with Crippen LogP contribution in [0.3, 0.4) is 0 Å². The Morgan fingerprint density at radius 2 is 1.80 bits per heavy atom. The van der Waals surface area contributed by atoms with Gasteiger partial charge in [-0.05, 0) is 18.2 Å². The van der Waals surface area contributed by atoms with E-state index in [0.717, 1.165) is 12.1 Å². The molecule has 0 spiro atoms. The van der Waals surface area contributed by atoms with Crippen LogP contribution in [0.1, 0.15) is 10.4 Å². The van der Waals surface area contributed by atoms with Gasteiger partial charge in [-0.2, -0.15) is 0 Å². The largest absolute Gasteiger partial charge is 0.460 e. The Labute approximate surface area is 113 Å². The van der Waals surface area contributed by atoms with Crippen LogP contribution in [0.2, 0.25) is 0 Å². The van der Waals surface area contributed by atoms with Crippen molar-refractivity contribution in [2.24, 2.45) is 0 Å². The first kappa shape index (κ1) is 13.9. The van der Waals surface area contributed by atoms with Crippen molar-refractivity contribution in [3.8, 4) is 0 Å². The second-order valence-electron chi connectivity index (χ2n) is 3.73. The number of anilines is 1. The summed E-state index contributed by atoms with van der Waals surface area (Å²) < 4.78 is 31.4. The van der Waals surface area contributed by atoms with E-state index in [2.05, 4.69) is 15.3 Å². The van der Waals surface area contributed by atoms with E-state index in [-0.39, 0.29) is 13.2 Å². The summed E-state index contributed by atoms with van der Waals surface area (Å²) >= 11 is 0. The van der Waals surface area contributed by atoms with Crippen LogP contribution in [0.4, 0.5) is 14.7 Å². The van der Waals surface area contributed by atoms with E-state index < -0.39 is 23.2 Å². The van der Waals surface area contributed by atoms with Gasteiger partial charge in [0, 0.05) is 12.4 Å². The van der Waals surface area contributed by atoms with Crippen LogP contribution in [0.5, 0.6) is 0 Å². The molecule has 1 N–H and O–H groups in total. The van der Waals surface area contributed by atoms with Crippen LogP contribution in [-0.4, -0.2) is 29.1 Å². The van der Waals surface area contributed by atoms with Gasteiger partial charge in [-0.15, -0.1) is 0 Å². The van der Waals surface area contributed by atoms with Crippen LogP contribution in [0, 0.1) is 11.6 Å². The number of esters is 1. The average Bonchev–Trinajstić information content (AvgIpc) is 2.44. The first-order chi connectivity index (χ1) is 9.68. The number of rotatable bonds is 5. The van der Waals surface area contributed by atoms with Crippen LogP contribution in [0.25, 0.3) is 0 Å². The standard InChI is InChI=1S/C13H11F2N3O2/c14-9-3-1-4-10(15)11(9)12(19)20-8-7-18-13-16-5-2-6-17-13/h1-6H,7-8H2,(H,16,17,18). The molecule has 0 radical (unpaired) electrons. The number of halogens is 2. The fraction of sp³-hybridized carbons (Fsp3) is 0.154. The molecule has 0 saturated heterocycles. The second kappa shape index (κ2) is 6.55. The van der Waals surface area contributed by atoms with Gasteiger partial charge in [0.05, 0.1) is 6.54 Å². The van der Waals surface area contributed by atoms with E-state index in [4.69, 9.17) is 4.74 Å². The Morgan fingerprint density at radius 1 is 1.15 bits per heavy atom. The summed E-state index contributed by atoms with van der Waals surface area (Å²) in [6.45, 7) is 0.163. The van der Waals surface area contributed by atoms with Gasteiger partial charge in [0.2, 0.25) is 5.95 Å². The first-order valence-electron chi connectivity index (χ1n) is 5.80. The maximum absolute atomic E-state index is 13.3. The van der Waals surface area contributed by atoms with Gasteiger partial charge < -0.3 is 10.1 Å². The number of aromatic nitrogens is 2. The van der Waals surface area contributed by atoms with Crippen LogP contribution < -0.4 is 5.32 Å². The lowest BCUT2D eigenvalue weighted by molar-refractivity contribution is 0.0509. The lowest BCUT2D eigenvalue weighted by atomic mass is 10.2. The van der Waals surface area contributed by atoms with Crippen molar-refractivity contribution >= 4 is 11.9 Å². The number of hydrogen-bond acceptors (Lipinski definition) is 5. The van der Waals surface area contributed by atoms with E-state index in [1.807, 2.05) is 0 Å². The zero-order valence-corrected chi connectivity index (χ0v) is 10.3. The molecule has 0 aliphatic rings. The summed E-state index contributed by atoms with van der Waals surface area (Å²) in [4.78, 5) is 19.3. The zero-order valence-electron chi connectivity index (χ0n) is 10.3. The van der Waals surface area contributed by atoms with Gasteiger partial charge >= 0.3 is 5.97 Å². The summed E-state index contributed by atoms with van der Waals surface area (Å²) in [6.07, 6.45) is 3.10. The minimum absolute atomic E-state index is 0.0646. The Kier molecular flexibility index (Phi) is 4.54. The zero-order chi connectivity index (χ0) is 14.4. The van der Waals surface area contributed by atoms with E-state index in [1.165, 1.54) is 6.07 Å². The predicted octanol–water partition coefficient (Wildman–Crippen LogP) is 2.02. The summed E-state index contributed by atoms with van der Waals surface area (Å²) in [5, 5.41) is 2.79. The number of carbonyl (C=O) groups excluding carboxylic acids is 1. The summed E-state index contributed by atoms with van der Waals surface area (Å²) in [5.41, 5.74) is -0.691. The number of nitrogens with one attached hydrogen (secondary N) is 1. The fourth-order valence-corrected chi connectivity index (χ4v) is 1.46. The van der Waals surface area contributed by atoms with E-state index in [0.29, 0.717) is 5.95 Å². The number of carbonyl (C=O) groups is 1. The quantitative estimate of drug-likeness (QED) is 0.670. The predicted molar refractivity (Wildman–Crippen MR) is 67.2 cm³/mol. The average molecular weight is 279 g/mol. The Hall–Kier alpha value is -2.57. The van der Waals surface area contributed by atoms with Crippen molar-refractivity contribution in [3.63, 3.8) is 0 Å². The Balaban J connectivity index is 1.84. The molecular weight excluding hydrogens is 268 g/mol. The highest BCUT2D eigenvalue weighted by Gasteiger charge is 2.18. The molecule has 0 aliphatic carbocycles. The van der Waals surface area contributed by atoms with E-state index >= 15 is 0 Å². The SMILES string of the molecule is O=C(OCCNc1ncccn1)c1c(F)cccc1F. The molecule has 2 aromatic rings. The molecule has 0 atom stereocenters.